The molecule has 0 unspecified atom stereocenters. The zero-order valence-electron chi connectivity index (χ0n) is 19.0. The summed E-state index contributed by atoms with van der Waals surface area (Å²) in [6.07, 6.45) is 10.9. The van der Waals surface area contributed by atoms with E-state index >= 15 is 0 Å². The molecule has 0 saturated carbocycles. The number of hydrogen-bond acceptors (Lipinski definition) is 4. The van der Waals surface area contributed by atoms with Crippen LogP contribution in [0.5, 0.6) is 11.5 Å². The predicted octanol–water partition coefficient (Wildman–Crippen LogP) is 7.06. The van der Waals surface area contributed by atoms with Crippen LogP contribution in [0.4, 0.5) is 0 Å². The van der Waals surface area contributed by atoms with Crippen molar-refractivity contribution in [3.8, 4) is 11.5 Å². The summed E-state index contributed by atoms with van der Waals surface area (Å²) in [6.45, 7) is 4.58. The fraction of sp³-hybridized carbons (Fsp3) is 0.481. The summed E-state index contributed by atoms with van der Waals surface area (Å²) in [5.74, 6) is 0.661. The predicted molar refractivity (Wildman–Crippen MR) is 125 cm³/mol. The quantitative estimate of drug-likeness (QED) is 0.189. The third kappa shape index (κ3) is 7.86. The second-order valence-corrected chi connectivity index (χ2v) is 8.13. The standard InChI is InChI=1S/C27H36O4/c1-3-5-6-7-8-9-10-12-25(29)23-17-18-26(24(11-4-2)27(23)30)31-20-22-15-13-21(19-28)14-16-22/h13-19,30H,3-12,20H2,1-2H3. The van der Waals surface area contributed by atoms with Crippen molar-refractivity contribution in [2.75, 3.05) is 0 Å². The first kappa shape index (κ1) is 24.6. The minimum atomic E-state index is -0.000544. The molecule has 0 radical (unpaired) electrons. The summed E-state index contributed by atoms with van der Waals surface area (Å²) < 4.78 is 5.95. The average Bonchev–Trinajstić information content (AvgIpc) is 2.79. The maximum atomic E-state index is 12.7. The van der Waals surface area contributed by atoms with E-state index in [1.54, 1.807) is 24.3 Å². The van der Waals surface area contributed by atoms with Gasteiger partial charge in [0, 0.05) is 17.5 Å². The van der Waals surface area contributed by atoms with Crippen LogP contribution in [0.2, 0.25) is 0 Å². The molecule has 0 heterocycles. The topological polar surface area (TPSA) is 63.6 Å². The Balaban J connectivity index is 1.98. The van der Waals surface area contributed by atoms with Gasteiger partial charge in [-0.15, -0.1) is 0 Å². The third-order valence-corrected chi connectivity index (χ3v) is 5.56. The Hall–Kier alpha value is -2.62. The monoisotopic (exact) mass is 424 g/mol. The number of ketones is 1. The molecule has 0 fully saturated rings. The van der Waals surface area contributed by atoms with E-state index in [4.69, 9.17) is 4.74 Å². The molecule has 0 aliphatic rings. The molecule has 4 heteroatoms. The smallest absolute Gasteiger partial charge is 0.166 e. The fourth-order valence-corrected chi connectivity index (χ4v) is 3.70. The fourth-order valence-electron chi connectivity index (χ4n) is 3.70. The highest BCUT2D eigenvalue weighted by molar-refractivity contribution is 5.99. The molecule has 0 saturated heterocycles. The molecular weight excluding hydrogens is 388 g/mol. The van der Waals surface area contributed by atoms with Crippen molar-refractivity contribution in [2.24, 2.45) is 0 Å². The lowest BCUT2D eigenvalue weighted by Crippen LogP contribution is -2.04. The van der Waals surface area contributed by atoms with Gasteiger partial charge in [0.05, 0.1) is 5.56 Å². The molecule has 0 bridgehead atoms. The van der Waals surface area contributed by atoms with Crippen molar-refractivity contribution in [2.45, 2.75) is 84.7 Å². The van der Waals surface area contributed by atoms with Gasteiger partial charge >= 0.3 is 0 Å². The Bertz CT molecular complexity index is 824. The molecule has 4 nitrogen and oxygen atoms in total. The van der Waals surface area contributed by atoms with Crippen LogP contribution in [-0.4, -0.2) is 17.2 Å². The number of Topliss-reactive ketones (excluding diaryl/α,β-unsaturated/α-hetero) is 1. The van der Waals surface area contributed by atoms with Gasteiger partial charge in [0.15, 0.2) is 5.78 Å². The van der Waals surface area contributed by atoms with E-state index < -0.39 is 0 Å². The van der Waals surface area contributed by atoms with Crippen molar-refractivity contribution in [1.29, 1.82) is 0 Å². The van der Waals surface area contributed by atoms with E-state index in [0.29, 0.717) is 41.9 Å². The zero-order valence-corrected chi connectivity index (χ0v) is 19.0. The van der Waals surface area contributed by atoms with E-state index in [1.807, 2.05) is 19.1 Å². The number of benzene rings is 2. The van der Waals surface area contributed by atoms with Crippen LogP contribution in [0.3, 0.4) is 0 Å². The number of phenolic OH excluding ortho intramolecular Hbond substituents is 1. The summed E-state index contributed by atoms with van der Waals surface area (Å²) in [7, 11) is 0. The number of hydrogen-bond donors (Lipinski definition) is 1. The van der Waals surface area contributed by atoms with Crippen LogP contribution in [0.25, 0.3) is 0 Å². The number of carbonyl (C=O) groups excluding carboxylic acids is 2. The Morgan fingerprint density at radius 3 is 2.23 bits per heavy atom. The van der Waals surface area contributed by atoms with Gasteiger partial charge in [0.25, 0.3) is 0 Å². The summed E-state index contributed by atoms with van der Waals surface area (Å²) in [5, 5.41) is 10.8. The summed E-state index contributed by atoms with van der Waals surface area (Å²) in [4.78, 5) is 23.5. The summed E-state index contributed by atoms with van der Waals surface area (Å²) >= 11 is 0. The lowest BCUT2D eigenvalue weighted by Gasteiger charge is -2.15. The van der Waals surface area contributed by atoms with Crippen molar-refractivity contribution in [3.63, 3.8) is 0 Å². The lowest BCUT2D eigenvalue weighted by atomic mass is 9.98. The molecule has 0 aromatic heterocycles. The minimum Gasteiger partial charge on any atom is -0.507 e. The maximum Gasteiger partial charge on any atom is 0.166 e. The Morgan fingerprint density at radius 1 is 0.903 bits per heavy atom. The SMILES string of the molecule is CCCCCCCCCC(=O)c1ccc(OCc2ccc(C=O)cc2)c(CCC)c1O. The first-order chi connectivity index (χ1) is 15.1. The zero-order chi connectivity index (χ0) is 22.5. The maximum absolute atomic E-state index is 12.7. The van der Waals surface area contributed by atoms with E-state index in [1.165, 1.54) is 32.1 Å². The van der Waals surface area contributed by atoms with Gasteiger partial charge in [0.2, 0.25) is 0 Å². The minimum absolute atomic E-state index is 0.000544. The van der Waals surface area contributed by atoms with Gasteiger partial charge in [-0.05, 0) is 30.5 Å². The molecule has 2 aromatic carbocycles. The van der Waals surface area contributed by atoms with Crippen molar-refractivity contribution in [1.82, 2.24) is 0 Å². The molecule has 0 amide bonds. The van der Waals surface area contributed by atoms with Gasteiger partial charge in [-0.3, -0.25) is 9.59 Å². The highest BCUT2D eigenvalue weighted by Crippen LogP contribution is 2.34. The van der Waals surface area contributed by atoms with Crippen molar-refractivity contribution < 1.29 is 19.4 Å². The number of aldehydes is 1. The highest BCUT2D eigenvalue weighted by atomic mass is 16.5. The molecule has 0 atom stereocenters. The number of aromatic hydroxyl groups is 1. The van der Waals surface area contributed by atoms with Crippen LogP contribution >= 0.6 is 0 Å². The van der Waals surface area contributed by atoms with Crippen LogP contribution < -0.4 is 4.74 Å². The van der Waals surface area contributed by atoms with Crippen LogP contribution in [-0.2, 0) is 13.0 Å². The van der Waals surface area contributed by atoms with Gasteiger partial charge < -0.3 is 9.84 Å². The van der Waals surface area contributed by atoms with E-state index in [0.717, 1.165) is 31.1 Å². The van der Waals surface area contributed by atoms with Crippen molar-refractivity contribution in [3.05, 3.63) is 58.7 Å². The largest absolute Gasteiger partial charge is 0.507 e. The van der Waals surface area contributed by atoms with Gasteiger partial charge in [-0.1, -0.05) is 83.1 Å². The van der Waals surface area contributed by atoms with E-state index in [9.17, 15) is 14.7 Å². The molecule has 0 aliphatic carbocycles. The Morgan fingerprint density at radius 2 is 1.58 bits per heavy atom. The second kappa shape index (κ2) is 13.6. The second-order valence-electron chi connectivity index (χ2n) is 8.13. The Labute approximate surface area is 186 Å². The number of rotatable bonds is 15. The van der Waals surface area contributed by atoms with Crippen LogP contribution in [0.1, 0.15) is 103 Å². The van der Waals surface area contributed by atoms with E-state index in [-0.39, 0.29) is 11.5 Å². The molecule has 1 N–H and O–H groups in total. The molecule has 0 spiro atoms. The third-order valence-electron chi connectivity index (χ3n) is 5.56. The molecule has 168 valence electrons. The van der Waals surface area contributed by atoms with Gasteiger partial charge in [-0.2, -0.15) is 0 Å². The number of unbranched alkanes of at least 4 members (excludes halogenated alkanes) is 6. The number of phenols is 1. The highest BCUT2D eigenvalue weighted by Gasteiger charge is 2.18. The average molecular weight is 425 g/mol. The molecule has 0 aliphatic heterocycles. The number of carbonyl (C=O) groups is 2. The molecule has 31 heavy (non-hydrogen) atoms. The molecule has 2 aromatic rings. The molecule has 2 rings (SSSR count). The van der Waals surface area contributed by atoms with Gasteiger partial charge in [-0.25, -0.2) is 0 Å². The van der Waals surface area contributed by atoms with Crippen molar-refractivity contribution >= 4 is 12.1 Å². The summed E-state index contributed by atoms with van der Waals surface area (Å²) in [5.41, 5.74) is 2.65. The normalized spacial score (nSPS) is 10.8. The first-order valence-corrected chi connectivity index (χ1v) is 11.7. The summed E-state index contributed by atoms with van der Waals surface area (Å²) in [6, 6.07) is 10.7. The number of ether oxygens (including phenoxy) is 1. The molecular formula is C27H36O4. The Kier molecular flexibility index (Phi) is 10.8. The van der Waals surface area contributed by atoms with Gasteiger partial charge in [0.1, 0.15) is 24.4 Å². The first-order valence-electron chi connectivity index (χ1n) is 11.7. The van der Waals surface area contributed by atoms with Crippen LogP contribution in [0.15, 0.2) is 36.4 Å². The lowest BCUT2D eigenvalue weighted by molar-refractivity contribution is 0.0975. The van der Waals surface area contributed by atoms with E-state index in [2.05, 4.69) is 6.92 Å². The van der Waals surface area contributed by atoms with Crippen LogP contribution in [0, 0.1) is 0 Å².